The van der Waals surface area contributed by atoms with Crippen LogP contribution >= 0.6 is 0 Å². The Bertz CT molecular complexity index is 1570. The van der Waals surface area contributed by atoms with Gasteiger partial charge in [-0.1, -0.05) is 48.5 Å². The summed E-state index contributed by atoms with van der Waals surface area (Å²) in [4.78, 5) is 12.7. The summed E-state index contributed by atoms with van der Waals surface area (Å²) in [7, 11) is -2.08. The van der Waals surface area contributed by atoms with Crippen LogP contribution in [0.4, 0.5) is 0 Å². The first kappa shape index (κ1) is 18.4. The summed E-state index contributed by atoms with van der Waals surface area (Å²) in [5.74, 6) is -0.654. The number of benzene rings is 4. The number of hydrogen-bond acceptors (Lipinski definition) is 3. The molecule has 0 unspecified atom stereocenters. The minimum Gasteiger partial charge on any atom is -0.344 e. The van der Waals surface area contributed by atoms with Crippen molar-refractivity contribution < 1.29 is 13.2 Å². The van der Waals surface area contributed by atoms with E-state index >= 15 is 0 Å². The van der Waals surface area contributed by atoms with Crippen molar-refractivity contribution in [2.45, 2.75) is 4.90 Å². The zero-order chi connectivity index (χ0) is 20.9. The van der Waals surface area contributed by atoms with Crippen molar-refractivity contribution in [3.8, 4) is 0 Å². The van der Waals surface area contributed by atoms with E-state index in [9.17, 15) is 13.2 Å². The maximum Gasteiger partial charge on any atom is 0.265 e. The minimum atomic E-state index is -4.02. The van der Waals surface area contributed by atoms with Gasteiger partial charge in [-0.2, -0.15) is 0 Å². The molecule has 0 bridgehead atoms. The molecule has 4 aromatic carbocycles. The third-order valence-electron chi connectivity index (χ3n) is 5.43. The van der Waals surface area contributed by atoms with E-state index in [4.69, 9.17) is 0 Å². The van der Waals surface area contributed by atoms with Crippen molar-refractivity contribution in [2.75, 3.05) is 0 Å². The van der Waals surface area contributed by atoms with Crippen LogP contribution in [0.25, 0.3) is 32.6 Å². The first-order valence-electron chi connectivity index (χ1n) is 9.47. The van der Waals surface area contributed by atoms with Gasteiger partial charge in [-0.05, 0) is 47.2 Å². The van der Waals surface area contributed by atoms with E-state index in [-0.39, 0.29) is 4.90 Å². The van der Waals surface area contributed by atoms with Crippen LogP contribution in [0.1, 0.15) is 10.4 Å². The number of nitrogens with one attached hydrogen (secondary N) is 1. The van der Waals surface area contributed by atoms with Gasteiger partial charge >= 0.3 is 0 Å². The van der Waals surface area contributed by atoms with Crippen LogP contribution in [0.5, 0.6) is 0 Å². The summed E-state index contributed by atoms with van der Waals surface area (Å²) in [5.41, 5.74) is 2.24. The van der Waals surface area contributed by atoms with Crippen LogP contribution in [-0.2, 0) is 17.1 Å². The van der Waals surface area contributed by atoms with Gasteiger partial charge in [0.25, 0.3) is 15.9 Å². The number of amides is 1. The largest absolute Gasteiger partial charge is 0.344 e. The van der Waals surface area contributed by atoms with Crippen molar-refractivity contribution in [3.05, 3.63) is 90.5 Å². The van der Waals surface area contributed by atoms with Gasteiger partial charge in [0, 0.05) is 34.4 Å². The lowest BCUT2D eigenvalue weighted by atomic mass is 10.1. The van der Waals surface area contributed by atoms with E-state index in [2.05, 4.69) is 4.72 Å². The van der Waals surface area contributed by atoms with Crippen molar-refractivity contribution in [3.63, 3.8) is 0 Å². The lowest BCUT2D eigenvalue weighted by Crippen LogP contribution is -2.30. The zero-order valence-electron chi connectivity index (χ0n) is 16.2. The molecule has 1 heterocycles. The molecule has 0 fully saturated rings. The highest BCUT2D eigenvalue weighted by atomic mass is 32.2. The molecule has 0 spiro atoms. The van der Waals surface area contributed by atoms with E-state index in [1.165, 1.54) is 6.07 Å². The van der Waals surface area contributed by atoms with Crippen LogP contribution in [0.15, 0.2) is 89.8 Å². The Morgan fingerprint density at radius 3 is 2.30 bits per heavy atom. The quantitative estimate of drug-likeness (QED) is 0.469. The number of sulfonamides is 1. The smallest absolute Gasteiger partial charge is 0.265 e. The molecule has 0 radical (unpaired) electrons. The highest BCUT2D eigenvalue weighted by Gasteiger charge is 2.20. The Labute approximate surface area is 173 Å². The number of nitrogens with zero attached hydrogens (tertiary/aromatic N) is 1. The van der Waals surface area contributed by atoms with Gasteiger partial charge in [0.2, 0.25) is 0 Å². The molecule has 1 N–H and O–H groups in total. The Hall–Kier alpha value is -3.64. The van der Waals surface area contributed by atoms with Crippen molar-refractivity contribution in [1.29, 1.82) is 0 Å². The van der Waals surface area contributed by atoms with Crippen molar-refractivity contribution in [2.24, 2.45) is 7.05 Å². The number of fused-ring (bicyclic) bond motifs is 4. The molecule has 0 saturated heterocycles. The standard InChI is InChI=1S/C24H18N2O3S/c1-26-22-9-5-4-8-20(22)21-15-19(12-13-23(21)26)30(28,29)25-24(27)18-11-10-16-6-2-3-7-17(16)14-18/h2-15H,1H3,(H,25,27). The molecule has 0 saturated carbocycles. The van der Waals surface area contributed by atoms with Gasteiger partial charge in [0.1, 0.15) is 0 Å². The molecule has 1 amide bonds. The van der Waals surface area contributed by atoms with E-state index in [0.717, 1.165) is 32.6 Å². The number of carbonyl (C=O) groups is 1. The van der Waals surface area contributed by atoms with E-state index < -0.39 is 15.9 Å². The second kappa shape index (κ2) is 6.71. The Morgan fingerprint density at radius 2 is 1.47 bits per heavy atom. The fourth-order valence-electron chi connectivity index (χ4n) is 3.88. The third kappa shape index (κ3) is 2.93. The summed E-state index contributed by atoms with van der Waals surface area (Å²) in [5, 5.41) is 3.65. The van der Waals surface area contributed by atoms with Gasteiger partial charge < -0.3 is 4.57 Å². The number of hydrogen-bond donors (Lipinski definition) is 1. The van der Waals surface area contributed by atoms with Crippen LogP contribution in [-0.4, -0.2) is 18.9 Å². The van der Waals surface area contributed by atoms with Crippen molar-refractivity contribution in [1.82, 2.24) is 9.29 Å². The molecule has 1 aromatic heterocycles. The predicted octanol–water partition coefficient (Wildman–Crippen LogP) is 4.60. The Kier molecular flexibility index (Phi) is 4.11. The molecule has 0 atom stereocenters. The fraction of sp³-hybridized carbons (Fsp3) is 0.0417. The lowest BCUT2D eigenvalue weighted by Gasteiger charge is -2.08. The highest BCUT2D eigenvalue weighted by Crippen LogP contribution is 2.29. The molecule has 0 aliphatic heterocycles. The SMILES string of the molecule is Cn1c2ccccc2c2cc(S(=O)(=O)NC(=O)c3ccc4ccccc4c3)ccc21. The summed E-state index contributed by atoms with van der Waals surface area (Å²) >= 11 is 0. The molecule has 5 aromatic rings. The fourth-order valence-corrected chi connectivity index (χ4v) is 4.88. The number of aromatic nitrogens is 1. The zero-order valence-corrected chi connectivity index (χ0v) is 17.0. The molecule has 0 aliphatic rings. The van der Waals surface area contributed by atoms with Gasteiger partial charge in [-0.25, -0.2) is 13.1 Å². The second-order valence-corrected chi connectivity index (χ2v) is 8.93. The number of rotatable bonds is 3. The summed E-state index contributed by atoms with van der Waals surface area (Å²) < 4.78 is 30.1. The molecule has 30 heavy (non-hydrogen) atoms. The Morgan fingerprint density at radius 1 is 0.767 bits per heavy atom. The van der Waals surface area contributed by atoms with Gasteiger partial charge in [0.15, 0.2) is 0 Å². The highest BCUT2D eigenvalue weighted by molar-refractivity contribution is 7.90. The van der Waals surface area contributed by atoms with Crippen LogP contribution in [0, 0.1) is 0 Å². The maximum atomic E-state index is 12.9. The number of para-hydroxylation sites is 1. The topological polar surface area (TPSA) is 68.2 Å². The predicted molar refractivity (Wildman–Crippen MR) is 119 cm³/mol. The molecule has 0 aliphatic carbocycles. The monoisotopic (exact) mass is 414 g/mol. The minimum absolute atomic E-state index is 0.0560. The average molecular weight is 414 g/mol. The van der Waals surface area contributed by atoms with E-state index in [1.54, 1.807) is 30.3 Å². The van der Waals surface area contributed by atoms with Gasteiger partial charge in [-0.15, -0.1) is 0 Å². The van der Waals surface area contributed by atoms with E-state index in [0.29, 0.717) is 5.56 Å². The van der Waals surface area contributed by atoms with E-state index in [1.807, 2.05) is 60.1 Å². The second-order valence-electron chi connectivity index (χ2n) is 7.25. The number of carbonyl (C=O) groups excluding carboxylic acids is 1. The van der Waals surface area contributed by atoms with Crippen LogP contribution in [0.2, 0.25) is 0 Å². The van der Waals surface area contributed by atoms with Gasteiger partial charge in [-0.3, -0.25) is 4.79 Å². The first-order chi connectivity index (χ1) is 14.4. The molecule has 5 rings (SSSR count). The summed E-state index contributed by atoms with van der Waals surface area (Å²) in [6.07, 6.45) is 0. The molecule has 148 valence electrons. The maximum absolute atomic E-state index is 12.9. The molecular weight excluding hydrogens is 396 g/mol. The number of aryl methyl sites for hydroxylation is 1. The molecular formula is C24H18N2O3S. The molecule has 6 heteroatoms. The summed E-state index contributed by atoms with van der Waals surface area (Å²) in [6, 6.07) is 25.5. The van der Waals surface area contributed by atoms with Crippen molar-refractivity contribution >= 4 is 48.5 Å². The Balaban J connectivity index is 1.53. The summed E-state index contributed by atoms with van der Waals surface area (Å²) in [6.45, 7) is 0. The molecule has 5 nitrogen and oxygen atoms in total. The normalized spacial score (nSPS) is 11.9. The third-order valence-corrected chi connectivity index (χ3v) is 6.76. The van der Waals surface area contributed by atoms with Gasteiger partial charge in [0.05, 0.1) is 4.90 Å². The lowest BCUT2D eigenvalue weighted by molar-refractivity contribution is 0.0981. The van der Waals surface area contributed by atoms with Crippen LogP contribution in [0.3, 0.4) is 0 Å². The van der Waals surface area contributed by atoms with Crippen LogP contribution < -0.4 is 4.72 Å². The average Bonchev–Trinajstić information content (AvgIpc) is 3.05. The first-order valence-corrected chi connectivity index (χ1v) is 11.0.